The quantitative estimate of drug-likeness (QED) is 0.400. The van der Waals surface area contributed by atoms with Gasteiger partial charge in [0.15, 0.2) is 0 Å². The highest BCUT2D eigenvalue weighted by atomic mass is 32.1. The molecule has 2 aliphatic heterocycles. The number of hydrogen-bond acceptors (Lipinski definition) is 6. The third-order valence-corrected chi connectivity index (χ3v) is 7.90. The summed E-state index contributed by atoms with van der Waals surface area (Å²) in [5.41, 5.74) is 1.91. The zero-order chi connectivity index (χ0) is 27.4. The summed E-state index contributed by atoms with van der Waals surface area (Å²) in [4.78, 5) is 40.2. The van der Waals surface area contributed by atoms with E-state index >= 15 is 0 Å². The van der Waals surface area contributed by atoms with Crippen LogP contribution in [0.25, 0.3) is 0 Å². The largest absolute Gasteiger partial charge is 0.490 e. The molecule has 3 aromatic rings. The highest BCUT2D eigenvalue weighted by Crippen LogP contribution is 2.32. The van der Waals surface area contributed by atoms with Gasteiger partial charge in [0.2, 0.25) is 5.91 Å². The van der Waals surface area contributed by atoms with Crippen LogP contribution in [0.5, 0.6) is 5.75 Å². The van der Waals surface area contributed by atoms with E-state index in [1.165, 1.54) is 11.3 Å². The minimum absolute atomic E-state index is 0.0699. The molecule has 1 saturated heterocycles. The van der Waals surface area contributed by atoms with Crippen molar-refractivity contribution in [3.8, 4) is 5.75 Å². The first-order valence-electron chi connectivity index (χ1n) is 13.0. The Balaban J connectivity index is 1.21. The molecule has 0 radical (unpaired) electrons. The van der Waals surface area contributed by atoms with Crippen molar-refractivity contribution in [2.75, 3.05) is 24.3 Å². The van der Waals surface area contributed by atoms with E-state index in [2.05, 4.69) is 16.0 Å². The van der Waals surface area contributed by atoms with E-state index in [9.17, 15) is 14.4 Å². The van der Waals surface area contributed by atoms with Gasteiger partial charge < -0.3 is 25.0 Å². The second-order valence-corrected chi connectivity index (χ2v) is 10.8. The highest BCUT2D eigenvalue weighted by molar-refractivity contribution is 7.14. The van der Waals surface area contributed by atoms with Crippen molar-refractivity contribution in [1.82, 2.24) is 10.2 Å². The summed E-state index contributed by atoms with van der Waals surface area (Å²) in [6, 6.07) is 17.8. The first-order valence-corrected chi connectivity index (χ1v) is 13.9. The highest BCUT2D eigenvalue weighted by Gasteiger charge is 2.39. The molecule has 0 spiro atoms. The Hall–Kier alpha value is -3.89. The lowest BCUT2D eigenvalue weighted by Gasteiger charge is -2.42. The first-order chi connectivity index (χ1) is 18.9. The Morgan fingerprint density at radius 2 is 1.90 bits per heavy atom. The van der Waals surface area contributed by atoms with E-state index in [1.807, 2.05) is 54.8 Å². The number of rotatable bonds is 6. The van der Waals surface area contributed by atoms with Gasteiger partial charge in [-0.15, -0.1) is 11.3 Å². The summed E-state index contributed by atoms with van der Waals surface area (Å²) in [5, 5.41) is 11.2. The SMILES string of the molecule is C[C@H](NC(=O)C[C@H]1CC[C@H]2[C@@H](COc3ccc(NC(=O)Nc4cccs4)cc3C(=O)N2C)O1)c1ccccc1. The third-order valence-electron chi connectivity index (χ3n) is 7.12. The van der Waals surface area contributed by atoms with Crippen molar-refractivity contribution in [3.63, 3.8) is 0 Å². The van der Waals surface area contributed by atoms with Crippen LogP contribution >= 0.6 is 11.3 Å². The van der Waals surface area contributed by atoms with Crippen molar-refractivity contribution in [2.24, 2.45) is 0 Å². The van der Waals surface area contributed by atoms with Crippen LogP contribution in [-0.2, 0) is 9.53 Å². The molecule has 1 aromatic heterocycles. The second-order valence-electron chi connectivity index (χ2n) is 9.84. The van der Waals surface area contributed by atoms with Crippen LogP contribution in [0, 0.1) is 0 Å². The molecule has 10 heteroatoms. The van der Waals surface area contributed by atoms with Crippen LogP contribution in [0.3, 0.4) is 0 Å². The minimum atomic E-state index is -0.390. The molecule has 0 saturated carbocycles. The van der Waals surface area contributed by atoms with E-state index in [0.717, 1.165) is 10.6 Å². The van der Waals surface area contributed by atoms with Crippen LogP contribution in [0.2, 0.25) is 0 Å². The number of benzene rings is 2. The zero-order valence-electron chi connectivity index (χ0n) is 21.9. The summed E-state index contributed by atoms with van der Waals surface area (Å²) >= 11 is 1.42. The van der Waals surface area contributed by atoms with Gasteiger partial charge in [-0.25, -0.2) is 4.79 Å². The summed E-state index contributed by atoms with van der Waals surface area (Å²) in [6.45, 7) is 2.21. The zero-order valence-corrected chi connectivity index (χ0v) is 22.7. The van der Waals surface area contributed by atoms with Crippen LogP contribution in [0.15, 0.2) is 66.0 Å². The smallest absolute Gasteiger partial charge is 0.324 e. The average Bonchev–Trinajstić information content (AvgIpc) is 3.44. The summed E-state index contributed by atoms with van der Waals surface area (Å²) in [7, 11) is 1.76. The van der Waals surface area contributed by atoms with E-state index in [-0.39, 0.29) is 55.2 Å². The lowest BCUT2D eigenvalue weighted by atomic mass is 9.94. The summed E-state index contributed by atoms with van der Waals surface area (Å²) in [6.07, 6.45) is 0.979. The lowest BCUT2D eigenvalue weighted by molar-refractivity contribution is -0.134. The maximum absolute atomic E-state index is 13.5. The van der Waals surface area contributed by atoms with Crippen LogP contribution < -0.4 is 20.7 Å². The number of amides is 4. The second kappa shape index (κ2) is 11.9. The number of fused-ring (bicyclic) bond motifs is 2. The third kappa shape index (κ3) is 6.40. The Kier molecular flexibility index (Phi) is 8.13. The molecule has 4 atom stereocenters. The number of thiophene rings is 1. The van der Waals surface area contributed by atoms with Gasteiger partial charge in [0.25, 0.3) is 5.91 Å². The molecule has 5 rings (SSSR count). The number of urea groups is 1. The molecule has 0 unspecified atom stereocenters. The standard InChI is InChI=1S/C29H32N4O5S/c1-18(19-7-4-3-5-8-19)30-26(34)16-21-11-12-23-25(38-21)17-37-24-13-10-20(15-22(24)28(35)33(23)2)31-29(36)32-27-9-6-14-39-27/h3-10,13-15,18,21,23,25H,11-12,16-17H2,1-2H3,(H,30,34)(H2,31,32,36)/t18-,21+,23-,25+/m0/s1. The molecule has 2 aliphatic rings. The molecule has 9 nitrogen and oxygen atoms in total. The van der Waals surface area contributed by atoms with E-state index in [1.54, 1.807) is 30.1 Å². The van der Waals surface area contributed by atoms with Gasteiger partial charge >= 0.3 is 6.03 Å². The molecule has 39 heavy (non-hydrogen) atoms. The van der Waals surface area contributed by atoms with Crippen molar-refractivity contribution in [3.05, 3.63) is 77.2 Å². The van der Waals surface area contributed by atoms with Gasteiger partial charge in [-0.05, 0) is 61.0 Å². The molecular formula is C29H32N4O5S. The molecule has 204 valence electrons. The van der Waals surface area contributed by atoms with Crippen molar-refractivity contribution < 1.29 is 23.9 Å². The number of likely N-dealkylation sites (N-methyl/N-ethyl adjacent to an activating group) is 1. The molecule has 2 aromatic carbocycles. The molecule has 3 heterocycles. The number of anilines is 2. The van der Waals surface area contributed by atoms with Crippen molar-refractivity contribution in [1.29, 1.82) is 0 Å². The van der Waals surface area contributed by atoms with E-state index in [0.29, 0.717) is 29.8 Å². The van der Waals surface area contributed by atoms with Gasteiger partial charge in [-0.1, -0.05) is 30.3 Å². The van der Waals surface area contributed by atoms with Crippen LogP contribution in [0.4, 0.5) is 15.5 Å². The van der Waals surface area contributed by atoms with Crippen LogP contribution in [0.1, 0.15) is 48.1 Å². The monoisotopic (exact) mass is 548 g/mol. The molecular weight excluding hydrogens is 516 g/mol. The topological polar surface area (TPSA) is 109 Å². The summed E-state index contributed by atoms with van der Waals surface area (Å²) in [5.74, 6) is 0.146. The molecule has 1 fully saturated rings. The lowest BCUT2D eigenvalue weighted by Crippen LogP contribution is -2.54. The predicted octanol–water partition coefficient (Wildman–Crippen LogP) is 5.04. The summed E-state index contributed by atoms with van der Waals surface area (Å²) < 4.78 is 12.3. The maximum atomic E-state index is 13.5. The van der Waals surface area contributed by atoms with Gasteiger partial charge in [0.05, 0.1) is 35.2 Å². The maximum Gasteiger partial charge on any atom is 0.324 e. The average molecular weight is 549 g/mol. The normalized spacial score (nSPS) is 21.3. The predicted molar refractivity (Wildman–Crippen MR) is 150 cm³/mol. The number of ether oxygens (including phenoxy) is 2. The minimum Gasteiger partial charge on any atom is -0.490 e. The number of carbonyl (C=O) groups excluding carboxylic acids is 3. The Morgan fingerprint density at radius 1 is 1.08 bits per heavy atom. The Morgan fingerprint density at radius 3 is 2.67 bits per heavy atom. The number of carbonyl (C=O) groups is 3. The number of nitrogens with one attached hydrogen (secondary N) is 3. The Bertz CT molecular complexity index is 1320. The fourth-order valence-electron chi connectivity index (χ4n) is 5.06. The fraction of sp³-hybridized carbons (Fsp3) is 0.345. The molecule has 3 N–H and O–H groups in total. The van der Waals surface area contributed by atoms with Crippen LogP contribution in [-0.4, -0.2) is 54.6 Å². The first kappa shape index (κ1) is 26.7. The van der Waals surface area contributed by atoms with Gasteiger partial charge in [0.1, 0.15) is 18.5 Å². The van der Waals surface area contributed by atoms with Crippen molar-refractivity contribution >= 4 is 39.9 Å². The fourth-order valence-corrected chi connectivity index (χ4v) is 5.67. The van der Waals surface area contributed by atoms with E-state index in [4.69, 9.17) is 9.47 Å². The molecule has 0 bridgehead atoms. The van der Waals surface area contributed by atoms with Gasteiger partial charge in [-0.3, -0.25) is 14.9 Å². The molecule has 0 aliphatic carbocycles. The Labute approximate surface area is 231 Å². The number of nitrogens with zero attached hydrogens (tertiary/aromatic N) is 1. The number of hydrogen-bond donors (Lipinski definition) is 3. The van der Waals surface area contributed by atoms with Gasteiger partial charge in [-0.2, -0.15) is 0 Å². The van der Waals surface area contributed by atoms with Gasteiger partial charge in [0, 0.05) is 12.7 Å². The molecule has 4 amide bonds. The van der Waals surface area contributed by atoms with Crippen molar-refractivity contribution in [2.45, 2.75) is 50.5 Å². The van der Waals surface area contributed by atoms with E-state index < -0.39 is 0 Å².